The molecule has 2 heterocycles. The number of benzene rings is 2. The molecule has 0 radical (unpaired) electrons. The Labute approximate surface area is 174 Å². The minimum absolute atomic E-state index is 0.0322. The van der Waals surface area contributed by atoms with Crippen LogP contribution in [0.3, 0.4) is 0 Å². The monoisotopic (exact) mass is 437 g/mol. The van der Waals surface area contributed by atoms with E-state index in [4.69, 9.17) is 9.47 Å². The van der Waals surface area contributed by atoms with Gasteiger partial charge in [-0.1, -0.05) is 6.07 Å². The fourth-order valence-electron chi connectivity index (χ4n) is 3.30. The van der Waals surface area contributed by atoms with Gasteiger partial charge in [-0.15, -0.1) is 5.11 Å². The fourth-order valence-corrected chi connectivity index (χ4v) is 4.04. The molecule has 0 aliphatic carbocycles. The molecule has 0 amide bonds. The summed E-state index contributed by atoms with van der Waals surface area (Å²) in [5.74, 6) is 2.50. The fraction of sp³-hybridized carbons (Fsp3) is 0.300. The summed E-state index contributed by atoms with van der Waals surface area (Å²) in [6.07, 6.45) is -4.48. The Balaban J connectivity index is 1.84. The number of hydrogen-bond donors (Lipinski definition) is 1. The SMILES string of the molecule is COc1cc2c(N=Nc3cccc(C(F)(F)F)c3)c(O)n(C3CSC3)c2cc1OC. The molecule has 0 bridgehead atoms. The van der Waals surface area contributed by atoms with Crippen molar-refractivity contribution in [1.29, 1.82) is 0 Å². The normalized spacial score (nSPS) is 15.0. The zero-order valence-corrected chi connectivity index (χ0v) is 16.9. The number of fused-ring (bicyclic) bond motifs is 1. The first-order valence-corrected chi connectivity index (χ1v) is 10.1. The molecule has 0 atom stereocenters. The van der Waals surface area contributed by atoms with E-state index in [9.17, 15) is 18.3 Å². The maximum absolute atomic E-state index is 13.0. The summed E-state index contributed by atoms with van der Waals surface area (Å²) in [6, 6.07) is 8.06. The van der Waals surface area contributed by atoms with E-state index in [1.165, 1.54) is 26.4 Å². The van der Waals surface area contributed by atoms with E-state index in [1.807, 2.05) is 0 Å². The topological polar surface area (TPSA) is 68.3 Å². The van der Waals surface area contributed by atoms with Crippen LogP contribution in [0.1, 0.15) is 11.6 Å². The summed E-state index contributed by atoms with van der Waals surface area (Å²) >= 11 is 1.75. The quantitative estimate of drug-likeness (QED) is 0.491. The number of halogens is 3. The number of alkyl halides is 3. The van der Waals surface area contributed by atoms with Gasteiger partial charge in [-0.2, -0.15) is 30.0 Å². The smallest absolute Gasteiger partial charge is 0.416 e. The highest BCUT2D eigenvalue weighted by Crippen LogP contribution is 2.48. The lowest BCUT2D eigenvalue weighted by atomic mass is 10.2. The van der Waals surface area contributed by atoms with Gasteiger partial charge in [0.1, 0.15) is 0 Å². The van der Waals surface area contributed by atoms with E-state index >= 15 is 0 Å². The molecule has 4 rings (SSSR count). The Morgan fingerprint density at radius 3 is 2.37 bits per heavy atom. The number of hydrogen-bond acceptors (Lipinski definition) is 6. The summed E-state index contributed by atoms with van der Waals surface area (Å²) in [5, 5.41) is 19.5. The third kappa shape index (κ3) is 3.55. The van der Waals surface area contributed by atoms with E-state index in [0.717, 1.165) is 23.6 Å². The van der Waals surface area contributed by atoms with Crippen LogP contribution in [0.25, 0.3) is 10.9 Å². The Morgan fingerprint density at radius 1 is 1.07 bits per heavy atom. The van der Waals surface area contributed by atoms with E-state index < -0.39 is 11.7 Å². The van der Waals surface area contributed by atoms with Crippen LogP contribution in [0.4, 0.5) is 24.5 Å². The van der Waals surface area contributed by atoms with E-state index in [-0.39, 0.29) is 23.3 Å². The molecule has 1 fully saturated rings. The van der Waals surface area contributed by atoms with Gasteiger partial charge in [0.25, 0.3) is 0 Å². The van der Waals surface area contributed by atoms with Gasteiger partial charge in [-0.05, 0) is 24.3 Å². The molecule has 1 N–H and O–H groups in total. The molecule has 10 heteroatoms. The number of ether oxygens (including phenoxy) is 2. The van der Waals surface area contributed by atoms with Crippen molar-refractivity contribution in [3.05, 3.63) is 42.0 Å². The molecule has 0 unspecified atom stereocenters. The van der Waals surface area contributed by atoms with Crippen LogP contribution in [0.5, 0.6) is 17.4 Å². The molecule has 1 aromatic heterocycles. The van der Waals surface area contributed by atoms with Crippen molar-refractivity contribution in [2.45, 2.75) is 12.2 Å². The van der Waals surface area contributed by atoms with E-state index in [0.29, 0.717) is 22.4 Å². The van der Waals surface area contributed by atoms with Crippen molar-refractivity contribution in [1.82, 2.24) is 4.57 Å². The molecule has 158 valence electrons. The second kappa shape index (κ2) is 7.75. The maximum atomic E-state index is 13.0. The summed E-state index contributed by atoms with van der Waals surface area (Å²) in [6.45, 7) is 0. The number of thioether (sulfide) groups is 1. The van der Waals surface area contributed by atoms with Gasteiger partial charge in [0, 0.05) is 23.0 Å². The molecule has 0 spiro atoms. The summed E-state index contributed by atoms with van der Waals surface area (Å²) in [7, 11) is 3.01. The van der Waals surface area contributed by atoms with Crippen LogP contribution in [0.2, 0.25) is 0 Å². The van der Waals surface area contributed by atoms with Gasteiger partial charge < -0.3 is 19.1 Å². The third-order valence-electron chi connectivity index (χ3n) is 4.88. The van der Waals surface area contributed by atoms with Crippen molar-refractivity contribution in [3.63, 3.8) is 0 Å². The molecule has 1 saturated heterocycles. The first-order chi connectivity index (χ1) is 14.3. The number of azo groups is 1. The highest BCUT2D eigenvalue weighted by atomic mass is 32.2. The van der Waals surface area contributed by atoms with E-state index in [1.54, 1.807) is 28.5 Å². The number of nitrogens with zero attached hydrogens (tertiary/aromatic N) is 3. The molecule has 30 heavy (non-hydrogen) atoms. The molecule has 3 aromatic rings. The number of aromatic hydroxyl groups is 1. The standard InChI is InChI=1S/C20H18F3N3O3S/c1-28-16-7-14-15(8-17(16)29-2)26(13-9-30-10-13)19(27)18(14)25-24-12-5-3-4-11(6-12)20(21,22)23/h3-8,13,27H,9-10H2,1-2H3. The second-order valence-electron chi connectivity index (χ2n) is 6.71. The average molecular weight is 437 g/mol. The minimum atomic E-state index is -4.48. The molecule has 1 aliphatic heterocycles. The Bertz CT molecular complexity index is 1120. The van der Waals surface area contributed by atoms with E-state index in [2.05, 4.69) is 10.2 Å². The maximum Gasteiger partial charge on any atom is 0.416 e. The molecule has 1 aliphatic rings. The lowest BCUT2D eigenvalue weighted by Crippen LogP contribution is -2.22. The number of aromatic nitrogens is 1. The summed E-state index contributed by atoms with van der Waals surface area (Å²) < 4.78 is 51.3. The van der Waals surface area contributed by atoms with Gasteiger partial charge in [-0.25, -0.2) is 0 Å². The predicted octanol–water partition coefficient (Wildman–Crippen LogP) is 6.09. The van der Waals surface area contributed by atoms with Crippen LogP contribution in [0, 0.1) is 0 Å². The highest BCUT2D eigenvalue weighted by Gasteiger charge is 2.31. The lowest BCUT2D eigenvalue weighted by Gasteiger charge is -2.28. The summed E-state index contributed by atoms with van der Waals surface area (Å²) in [4.78, 5) is 0. The van der Waals surface area contributed by atoms with Gasteiger partial charge in [-0.3, -0.25) is 0 Å². The van der Waals surface area contributed by atoms with Crippen molar-refractivity contribution in [2.75, 3.05) is 25.7 Å². The molecule has 0 saturated carbocycles. The van der Waals surface area contributed by atoms with Crippen LogP contribution < -0.4 is 9.47 Å². The van der Waals surface area contributed by atoms with Crippen molar-refractivity contribution >= 4 is 34.0 Å². The average Bonchev–Trinajstić information content (AvgIpc) is 2.94. The van der Waals surface area contributed by atoms with Crippen LogP contribution in [0.15, 0.2) is 46.6 Å². The number of methoxy groups -OCH3 is 2. The predicted molar refractivity (Wildman–Crippen MR) is 109 cm³/mol. The Kier molecular flexibility index (Phi) is 5.27. The largest absolute Gasteiger partial charge is 0.493 e. The minimum Gasteiger partial charge on any atom is -0.493 e. The molecular formula is C20H18F3N3O3S. The first kappa shape index (κ1) is 20.4. The van der Waals surface area contributed by atoms with Crippen molar-refractivity contribution in [3.8, 4) is 17.4 Å². The van der Waals surface area contributed by atoms with Gasteiger partial charge in [0.2, 0.25) is 5.88 Å². The van der Waals surface area contributed by atoms with Gasteiger partial charge >= 0.3 is 6.18 Å². The number of rotatable bonds is 5. The zero-order valence-electron chi connectivity index (χ0n) is 16.1. The Morgan fingerprint density at radius 2 is 1.77 bits per heavy atom. The summed E-state index contributed by atoms with van der Waals surface area (Å²) in [5.41, 5.74) is 0.0713. The lowest BCUT2D eigenvalue weighted by molar-refractivity contribution is -0.137. The Hall–Kier alpha value is -2.88. The van der Waals surface area contributed by atoms with Crippen LogP contribution in [-0.4, -0.2) is 35.4 Å². The van der Waals surface area contributed by atoms with Crippen molar-refractivity contribution in [2.24, 2.45) is 10.2 Å². The second-order valence-corrected chi connectivity index (χ2v) is 7.78. The molecule has 6 nitrogen and oxygen atoms in total. The van der Waals surface area contributed by atoms with Crippen LogP contribution in [-0.2, 0) is 6.18 Å². The van der Waals surface area contributed by atoms with Gasteiger partial charge in [0.15, 0.2) is 17.2 Å². The van der Waals surface area contributed by atoms with Gasteiger partial charge in [0.05, 0.1) is 37.0 Å². The molecular weight excluding hydrogens is 419 g/mol. The molecule has 2 aromatic carbocycles. The first-order valence-electron chi connectivity index (χ1n) is 8.99. The zero-order chi connectivity index (χ0) is 21.5. The third-order valence-corrected chi connectivity index (χ3v) is 6.12. The van der Waals surface area contributed by atoms with Crippen molar-refractivity contribution < 1.29 is 27.8 Å². The van der Waals surface area contributed by atoms with Crippen LogP contribution >= 0.6 is 11.8 Å². The highest BCUT2D eigenvalue weighted by molar-refractivity contribution is 8.00.